The van der Waals surface area contributed by atoms with Crippen LogP contribution in [-0.4, -0.2) is 54.6 Å². The second kappa shape index (κ2) is 7.22. The van der Waals surface area contributed by atoms with Gasteiger partial charge in [-0.05, 0) is 41.9 Å². The van der Waals surface area contributed by atoms with Crippen LogP contribution in [0.3, 0.4) is 0 Å². The minimum Gasteiger partial charge on any atom is -0.506 e. The highest BCUT2D eigenvalue weighted by atomic mass is 79.9. The quantitative estimate of drug-likeness (QED) is 0.760. The molecule has 0 spiro atoms. The van der Waals surface area contributed by atoms with Gasteiger partial charge in [-0.1, -0.05) is 15.9 Å². The maximum atomic E-state index is 10.0. The topological polar surface area (TPSA) is 45.1 Å². The van der Waals surface area contributed by atoms with E-state index in [0.717, 1.165) is 30.8 Å². The van der Waals surface area contributed by atoms with Gasteiger partial charge in [-0.15, -0.1) is 0 Å². The molecule has 116 valence electrons. The zero-order chi connectivity index (χ0) is 15.5. The lowest BCUT2D eigenvalue weighted by molar-refractivity contribution is -0.00676. The third-order valence-corrected chi connectivity index (χ3v) is 4.70. The van der Waals surface area contributed by atoms with Crippen molar-refractivity contribution in [3.63, 3.8) is 0 Å². The van der Waals surface area contributed by atoms with Gasteiger partial charge in [-0.2, -0.15) is 0 Å². The molecule has 4 nitrogen and oxygen atoms in total. The van der Waals surface area contributed by atoms with Gasteiger partial charge in [0.25, 0.3) is 0 Å². The molecule has 0 saturated carbocycles. The van der Waals surface area contributed by atoms with E-state index in [-0.39, 0.29) is 11.3 Å². The van der Waals surface area contributed by atoms with Crippen LogP contribution in [0.5, 0.6) is 5.75 Å². The Morgan fingerprint density at radius 3 is 2.67 bits per heavy atom. The van der Waals surface area contributed by atoms with Crippen molar-refractivity contribution in [2.24, 2.45) is 4.99 Å². The highest BCUT2D eigenvalue weighted by molar-refractivity contribution is 9.11. The van der Waals surface area contributed by atoms with E-state index < -0.39 is 0 Å². The van der Waals surface area contributed by atoms with Crippen molar-refractivity contribution in [1.82, 2.24) is 4.90 Å². The molecular formula is C15H20Br2N2O2. The highest BCUT2D eigenvalue weighted by Gasteiger charge is 2.27. The predicted octanol–water partition coefficient (Wildman–Crippen LogP) is 3.45. The Balaban J connectivity index is 2.04. The zero-order valence-electron chi connectivity index (χ0n) is 12.3. The van der Waals surface area contributed by atoms with Crippen molar-refractivity contribution < 1.29 is 9.84 Å². The van der Waals surface area contributed by atoms with Crippen LogP contribution in [0.15, 0.2) is 26.1 Å². The monoisotopic (exact) mass is 418 g/mol. The Morgan fingerprint density at radius 1 is 1.33 bits per heavy atom. The fourth-order valence-corrected chi connectivity index (χ4v) is 3.58. The zero-order valence-corrected chi connectivity index (χ0v) is 15.4. The summed E-state index contributed by atoms with van der Waals surface area (Å²) in [6.45, 7) is 8.50. The average molecular weight is 420 g/mol. The van der Waals surface area contributed by atoms with Gasteiger partial charge in [-0.25, -0.2) is 0 Å². The van der Waals surface area contributed by atoms with Gasteiger partial charge in [0.15, 0.2) is 0 Å². The van der Waals surface area contributed by atoms with Gasteiger partial charge in [-0.3, -0.25) is 9.89 Å². The Bertz CT molecular complexity index is 527. The molecule has 1 heterocycles. The Labute approximate surface area is 142 Å². The minimum absolute atomic E-state index is 0.0147. The van der Waals surface area contributed by atoms with Crippen LogP contribution in [0.25, 0.3) is 0 Å². The normalized spacial score (nSPS) is 17.5. The van der Waals surface area contributed by atoms with E-state index >= 15 is 0 Å². The largest absolute Gasteiger partial charge is 0.506 e. The summed E-state index contributed by atoms with van der Waals surface area (Å²) < 4.78 is 6.95. The highest BCUT2D eigenvalue weighted by Crippen LogP contribution is 2.30. The van der Waals surface area contributed by atoms with Crippen molar-refractivity contribution in [1.29, 1.82) is 0 Å². The Kier molecular flexibility index (Phi) is 5.82. The number of aliphatic imine (C=N–C) groups is 1. The van der Waals surface area contributed by atoms with Crippen LogP contribution in [0.4, 0.5) is 0 Å². The molecule has 1 aromatic carbocycles. The summed E-state index contributed by atoms with van der Waals surface area (Å²) in [4.78, 5) is 6.92. The first-order valence-electron chi connectivity index (χ1n) is 6.91. The van der Waals surface area contributed by atoms with Gasteiger partial charge in [0.1, 0.15) is 5.75 Å². The number of nitrogens with zero attached hydrogens (tertiary/aromatic N) is 2. The number of hydrogen-bond donors (Lipinski definition) is 1. The van der Waals surface area contributed by atoms with Crippen LogP contribution in [0.1, 0.15) is 19.4 Å². The molecule has 0 amide bonds. The first kappa shape index (κ1) is 16.9. The van der Waals surface area contributed by atoms with Crippen LogP contribution in [-0.2, 0) is 4.74 Å². The molecular weight excluding hydrogens is 400 g/mol. The second-order valence-corrected chi connectivity index (χ2v) is 7.48. The van der Waals surface area contributed by atoms with Crippen molar-refractivity contribution in [2.75, 3.05) is 32.8 Å². The van der Waals surface area contributed by atoms with Gasteiger partial charge in [0, 0.05) is 34.9 Å². The van der Waals surface area contributed by atoms with Crippen LogP contribution in [0, 0.1) is 0 Å². The number of aromatic hydroxyl groups is 1. The van der Waals surface area contributed by atoms with E-state index in [0.29, 0.717) is 16.6 Å². The second-order valence-electron chi connectivity index (χ2n) is 5.71. The van der Waals surface area contributed by atoms with Crippen LogP contribution in [0.2, 0.25) is 0 Å². The molecule has 0 aliphatic carbocycles. The maximum Gasteiger partial charge on any atom is 0.138 e. The summed E-state index contributed by atoms with van der Waals surface area (Å²) in [5.41, 5.74) is 0.688. The fraction of sp³-hybridized carbons (Fsp3) is 0.533. The third-order valence-electron chi connectivity index (χ3n) is 3.63. The Morgan fingerprint density at radius 2 is 2.00 bits per heavy atom. The summed E-state index contributed by atoms with van der Waals surface area (Å²) in [5.74, 6) is 0.214. The Hall–Kier alpha value is -0.430. The number of phenolic OH excluding ortho intramolecular Hbond substituents is 1. The molecule has 1 aliphatic heterocycles. The van der Waals surface area contributed by atoms with E-state index in [1.54, 1.807) is 6.21 Å². The molecule has 6 heteroatoms. The van der Waals surface area contributed by atoms with Crippen molar-refractivity contribution in [2.45, 2.75) is 19.4 Å². The molecule has 0 unspecified atom stereocenters. The van der Waals surface area contributed by atoms with E-state index in [9.17, 15) is 5.11 Å². The molecule has 0 radical (unpaired) electrons. The molecule has 1 saturated heterocycles. The summed E-state index contributed by atoms with van der Waals surface area (Å²) in [6.07, 6.45) is 1.73. The van der Waals surface area contributed by atoms with Gasteiger partial charge in [0.05, 0.1) is 24.2 Å². The van der Waals surface area contributed by atoms with Crippen LogP contribution >= 0.6 is 31.9 Å². The lowest BCUT2D eigenvalue weighted by Crippen LogP contribution is -2.51. The lowest BCUT2D eigenvalue weighted by Gasteiger charge is -2.39. The molecule has 1 fully saturated rings. The number of phenols is 1. The van der Waals surface area contributed by atoms with Crippen molar-refractivity contribution in [3.8, 4) is 5.75 Å². The molecule has 1 aliphatic rings. The number of hydrogen-bond acceptors (Lipinski definition) is 4. The molecule has 2 rings (SSSR count). The summed E-state index contributed by atoms with van der Waals surface area (Å²) >= 11 is 6.74. The fourth-order valence-electron chi connectivity index (χ4n) is 2.32. The number of rotatable bonds is 4. The summed E-state index contributed by atoms with van der Waals surface area (Å²) in [6, 6.07) is 3.66. The van der Waals surface area contributed by atoms with E-state index in [1.807, 2.05) is 12.1 Å². The third kappa shape index (κ3) is 4.52. The van der Waals surface area contributed by atoms with Crippen molar-refractivity contribution >= 4 is 38.1 Å². The molecule has 1 aromatic rings. The van der Waals surface area contributed by atoms with Crippen molar-refractivity contribution in [3.05, 3.63) is 26.6 Å². The first-order chi connectivity index (χ1) is 9.90. The first-order valence-corrected chi connectivity index (χ1v) is 8.49. The van der Waals surface area contributed by atoms with E-state index in [1.165, 1.54) is 0 Å². The van der Waals surface area contributed by atoms with E-state index in [4.69, 9.17) is 4.74 Å². The molecule has 0 bridgehead atoms. The predicted molar refractivity (Wildman–Crippen MR) is 92.4 cm³/mol. The summed E-state index contributed by atoms with van der Waals surface area (Å²) in [7, 11) is 0. The molecule has 1 N–H and O–H groups in total. The van der Waals surface area contributed by atoms with Gasteiger partial charge < -0.3 is 9.84 Å². The molecule has 0 aromatic heterocycles. The average Bonchev–Trinajstić information content (AvgIpc) is 2.45. The lowest BCUT2D eigenvalue weighted by atomic mass is 10.0. The van der Waals surface area contributed by atoms with Gasteiger partial charge in [0.2, 0.25) is 0 Å². The number of benzene rings is 1. The molecule has 21 heavy (non-hydrogen) atoms. The number of halogens is 2. The standard InChI is InChI=1S/C15H20Br2N2O2/c1-15(2,19-3-5-21-6-4-19)10-18-9-11-7-12(16)8-13(17)14(11)20/h7-9,20H,3-6,10H2,1-2H3. The van der Waals surface area contributed by atoms with Crippen LogP contribution < -0.4 is 0 Å². The maximum absolute atomic E-state index is 10.0. The smallest absolute Gasteiger partial charge is 0.138 e. The SMILES string of the molecule is CC(C)(CN=Cc1cc(Br)cc(Br)c1O)N1CCOCC1. The van der Waals surface area contributed by atoms with E-state index in [2.05, 4.69) is 55.6 Å². The number of morpholine rings is 1. The molecule has 0 atom stereocenters. The summed E-state index contributed by atoms with van der Waals surface area (Å²) in [5, 5.41) is 10.0. The van der Waals surface area contributed by atoms with Gasteiger partial charge >= 0.3 is 0 Å². The number of ether oxygens (including phenoxy) is 1. The minimum atomic E-state index is -0.0147.